The molecule has 0 amide bonds. The molecule has 0 spiro atoms. The summed E-state index contributed by atoms with van der Waals surface area (Å²) in [7, 11) is 0. The molecule has 2 aromatic heterocycles. The molecule has 0 saturated carbocycles. The van der Waals surface area contributed by atoms with Crippen molar-refractivity contribution in [2.45, 2.75) is 0 Å². The Bertz CT molecular complexity index is 2830. The minimum absolute atomic E-state index is 0.849. The second-order valence-electron chi connectivity index (χ2n) is 12.9. The third kappa shape index (κ3) is 4.90. The van der Waals surface area contributed by atoms with E-state index in [1.807, 2.05) is 24.3 Å². The normalized spacial score (nSPS) is 11.5. The zero-order valence-electron chi connectivity index (χ0n) is 27.7. The van der Waals surface area contributed by atoms with Gasteiger partial charge < -0.3 is 13.7 Å². The molecule has 8 aromatic carbocycles. The summed E-state index contributed by atoms with van der Waals surface area (Å²) < 4.78 is 13.1. The van der Waals surface area contributed by atoms with Gasteiger partial charge in [0.2, 0.25) is 0 Å². The Labute approximate surface area is 295 Å². The minimum atomic E-state index is 0.849. The first kappa shape index (κ1) is 29.1. The van der Waals surface area contributed by atoms with Crippen molar-refractivity contribution in [3.63, 3.8) is 0 Å². The molecular formula is C48H31NO2. The van der Waals surface area contributed by atoms with E-state index in [-0.39, 0.29) is 0 Å². The van der Waals surface area contributed by atoms with Crippen molar-refractivity contribution >= 4 is 60.9 Å². The number of nitrogens with zero attached hydrogens (tertiary/aromatic N) is 1. The van der Waals surface area contributed by atoms with Crippen molar-refractivity contribution in [3.8, 4) is 33.4 Å². The first-order chi connectivity index (χ1) is 25.3. The molecule has 10 aromatic rings. The van der Waals surface area contributed by atoms with Gasteiger partial charge in [0.15, 0.2) is 5.58 Å². The van der Waals surface area contributed by atoms with Gasteiger partial charge in [-0.1, -0.05) is 146 Å². The maximum absolute atomic E-state index is 6.91. The van der Waals surface area contributed by atoms with E-state index in [1.165, 1.54) is 11.1 Å². The van der Waals surface area contributed by atoms with Crippen LogP contribution in [0.1, 0.15) is 0 Å². The Morgan fingerprint density at radius 2 is 0.824 bits per heavy atom. The lowest BCUT2D eigenvalue weighted by Crippen LogP contribution is -2.10. The monoisotopic (exact) mass is 653 g/mol. The zero-order valence-corrected chi connectivity index (χ0v) is 27.7. The second-order valence-corrected chi connectivity index (χ2v) is 12.9. The van der Waals surface area contributed by atoms with Crippen LogP contribution < -0.4 is 4.90 Å². The highest BCUT2D eigenvalue weighted by atomic mass is 16.3. The van der Waals surface area contributed by atoms with Crippen LogP contribution in [0, 0.1) is 0 Å². The average Bonchev–Trinajstić information content (AvgIpc) is 3.79. The molecule has 2 heterocycles. The Kier molecular flexibility index (Phi) is 6.81. The van der Waals surface area contributed by atoms with Crippen molar-refractivity contribution < 1.29 is 8.83 Å². The maximum Gasteiger partial charge on any atom is 0.159 e. The molecule has 0 fully saturated rings. The molecule has 3 nitrogen and oxygen atoms in total. The number of benzene rings is 8. The predicted molar refractivity (Wildman–Crippen MR) is 212 cm³/mol. The summed E-state index contributed by atoms with van der Waals surface area (Å²) in [5.41, 5.74) is 13.4. The van der Waals surface area contributed by atoms with E-state index in [1.54, 1.807) is 0 Å². The van der Waals surface area contributed by atoms with Crippen molar-refractivity contribution in [3.05, 3.63) is 188 Å². The van der Waals surface area contributed by atoms with Gasteiger partial charge in [-0.25, -0.2) is 0 Å². The Morgan fingerprint density at radius 1 is 0.314 bits per heavy atom. The molecular weight excluding hydrogens is 623 g/mol. The fourth-order valence-corrected chi connectivity index (χ4v) is 7.49. The lowest BCUT2D eigenvalue weighted by Gasteiger charge is -2.26. The number of fused-ring (bicyclic) bond motifs is 6. The van der Waals surface area contributed by atoms with E-state index in [4.69, 9.17) is 8.83 Å². The van der Waals surface area contributed by atoms with Gasteiger partial charge in [0, 0.05) is 38.5 Å². The van der Waals surface area contributed by atoms with Crippen molar-refractivity contribution in [1.82, 2.24) is 0 Å². The van der Waals surface area contributed by atoms with Crippen molar-refractivity contribution in [2.75, 3.05) is 4.90 Å². The van der Waals surface area contributed by atoms with Crippen LogP contribution in [0.5, 0.6) is 0 Å². The molecule has 0 bridgehead atoms. The summed E-state index contributed by atoms with van der Waals surface area (Å²) in [6.07, 6.45) is 0. The smallest absolute Gasteiger partial charge is 0.159 e. The number of hydrogen-bond acceptors (Lipinski definition) is 3. The molecule has 0 aliphatic heterocycles. The Balaban J connectivity index is 1.15. The van der Waals surface area contributed by atoms with E-state index >= 15 is 0 Å². The van der Waals surface area contributed by atoms with Crippen LogP contribution in [0.3, 0.4) is 0 Å². The van der Waals surface area contributed by atoms with Gasteiger partial charge in [-0.15, -0.1) is 0 Å². The highest BCUT2D eigenvalue weighted by molar-refractivity contribution is 6.14. The second kappa shape index (κ2) is 11.9. The van der Waals surface area contributed by atoms with Crippen LogP contribution in [-0.4, -0.2) is 0 Å². The molecule has 0 aliphatic carbocycles. The van der Waals surface area contributed by atoms with E-state index in [2.05, 4.69) is 169 Å². The van der Waals surface area contributed by atoms with Crippen LogP contribution in [0.4, 0.5) is 17.1 Å². The third-order valence-corrected chi connectivity index (χ3v) is 9.90. The average molecular weight is 654 g/mol. The Morgan fingerprint density at radius 3 is 1.57 bits per heavy atom. The maximum atomic E-state index is 6.91. The van der Waals surface area contributed by atoms with Gasteiger partial charge >= 0.3 is 0 Å². The molecule has 51 heavy (non-hydrogen) atoms. The largest absolute Gasteiger partial charge is 0.456 e. The van der Waals surface area contributed by atoms with Gasteiger partial charge in [-0.2, -0.15) is 0 Å². The SMILES string of the molecule is c1ccc(-c2ccc(N(c3ccc(-c4cccc5oc6ccccc6c45)cc3)c3cccc4c3oc3c(-c5ccccc5)cccc34)cc2)cc1. The number of anilines is 3. The fourth-order valence-electron chi connectivity index (χ4n) is 7.49. The van der Waals surface area contributed by atoms with E-state index in [0.29, 0.717) is 0 Å². The molecule has 240 valence electrons. The summed E-state index contributed by atoms with van der Waals surface area (Å²) in [5, 5.41) is 4.44. The molecule has 10 rings (SSSR count). The number of para-hydroxylation sites is 3. The van der Waals surface area contributed by atoms with Gasteiger partial charge in [0.25, 0.3) is 0 Å². The summed E-state index contributed by atoms with van der Waals surface area (Å²) in [6.45, 7) is 0. The molecule has 0 atom stereocenters. The van der Waals surface area contributed by atoms with Gasteiger partial charge in [-0.05, 0) is 70.3 Å². The topological polar surface area (TPSA) is 29.5 Å². The van der Waals surface area contributed by atoms with Gasteiger partial charge in [-0.3, -0.25) is 0 Å². The molecule has 0 aliphatic rings. The standard InChI is InChI=1S/C48H31NO2/c1-3-12-32(13-4-1)33-24-28-36(29-25-33)49(37-30-26-35(27-31-37)38-17-11-23-45-46(38)42-16-7-8-22-44(42)50-45)43-21-10-20-41-40-19-9-18-39(47(40)51-48(41)43)34-14-5-2-6-15-34/h1-31H. The van der Waals surface area contributed by atoms with Gasteiger partial charge in [0.05, 0.1) is 5.69 Å². The van der Waals surface area contributed by atoms with Crippen LogP contribution >= 0.6 is 0 Å². The number of rotatable bonds is 6. The Hall–Kier alpha value is -6.84. The molecule has 0 N–H and O–H groups in total. The van der Waals surface area contributed by atoms with Crippen LogP contribution in [0.25, 0.3) is 77.3 Å². The predicted octanol–water partition coefficient (Wildman–Crippen LogP) is 14.0. The molecule has 0 saturated heterocycles. The fraction of sp³-hybridized carbons (Fsp3) is 0. The van der Waals surface area contributed by atoms with Crippen LogP contribution in [0.2, 0.25) is 0 Å². The lowest BCUT2D eigenvalue weighted by atomic mass is 9.99. The summed E-state index contributed by atoms with van der Waals surface area (Å²) in [4.78, 5) is 2.30. The summed E-state index contributed by atoms with van der Waals surface area (Å²) >= 11 is 0. The highest BCUT2D eigenvalue weighted by Gasteiger charge is 2.21. The first-order valence-corrected chi connectivity index (χ1v) is 17.3. The third-order valence-electron chi connectivity index (χ3n) is 9.90. The summed E-state index contributed by atoms with van der Waals surface area (Å²) in [5.74, 6) is 0. The van der Waals surface area contributed by atoms with Gasteiger partial charge in [0.1, 0.15) is 16.7 Å². The number of furan rings is 2. The quantitative estimate of drug-likeness (QED) is 0.179. The molecule has 0 unspecified atom stereocenters. The number of hydrogen-bond donors (Lipinski definition) is 0. The van der Waals surface area contributed by atoms with Crippen molar-refractivity contribution in [2.24, 2.45) is 0 Å². The van der Waals surface area contributed by atoms with E-state index < -0.39 is 0 Å². The van der Waals surface area contributed by atoms with E-state index in [9.17, 15) is 0 Å². The van der Waals surface area contributed by atoms with Crippen LogP contribution in [0.15, 0.2) is 197 Å². The molecule has 3 heteroatoms. The highest BCUT2D eigenvalue weighted by Crippen LogP contribution is 2.45. The minimum Gasteiger partial charge on any atom is -0.456 e. The van der Waals surface area contributed by atoms with E-state index in [0.717, 1.165) is 83.2 Å². The molecule has 0 radical (unpaired) electrons. The first-order valence-electron chi connectivity index (χ1n) is 17.3. The summed E-state index contributed by atoms with van der Waals surface area (Å²) in [6, 6.07) is 66.0. The van der Waals surface area contributed by atoms with Crippen LogP contribution in [-0.2, 0) is 0 Å². The lowest BCUT2D eigenvalue weighted by molar-refractivity contribution is 0.669. The van der Waals surface area contributed by atoms with Crippen molar-refractivity contribution in [1.29, 1.82) is 0 Å². The zero-order chi connectivity index (χ0) is 33.7.